The zero-order chi connectivity index (χ0) is 10.1. The summed E-state index contributed by atoms with van der Waals surface area (Å²) in [5.74, 6) is 1.13. The van der Waals surface area contributed by atoms with Crippen LogP contribution in [0.2, 0.25) is 0 Å². The SMILES string of the molecule is c1ccc(N2CCC3(CCCN3)C2)nc1. The zero-order valence-electron chi connectivity index (χ0n) is 8.95. The van der Waals surface area contributed by atoms with Crippen LogP contribution < -0.4 is 10.2 Å². The van der Waals surface area contributed by atoms with Crippen LogP contribution in [0.15, 0.2) is 24.4 Å². The minimum Gasteiger partial charge on any atom is -0.355 e. The van der Waals surface area contributed by atoms with Crippen molar-refractivity contribution in [1.82, 2.24) is 10.3 Å². The third-order valence-corrected chi connectivity index (χ3v) is 3.66. The molecule has 0 saturated carbocycles. The van der Waals surface area contributed by atoms with Crippen molar-refractivity contribution >= 4 is 5.82 Å². The van der Waals surface area contributed by atoms with Gasteiger partial charge in [0.15, 0.2) is 0 Å². The molecule has 1 aromatic rings. The third-order valence-electron chi connectivity index (χ3n) is 3.66. The fraction of sp³-hybridized carbons (Fsp3) is 0.583. The monoisotopic (exact) mass is 203 g/mol. The molecule has 1 aromatic heterocycles. The van der Waals surface area contributed by atoms with Crippen molar-refractivity contribution in [2.45, 2.75) is 24.8 Å². The normalized spacial score (nSPS) is 30.3. The Morgan fingerprint density at radius 1 is 1.33 bits per heavy atom. The first-order valence-electron chi connectivity index (χ1n) is 5.79. The summed E-state index contributed by atoms with van der Waals surface area (Å²) in [5, 5.41) is 3.66. The second kappa shape index (κ2) is 3.49. The highest BCUT2D eigenvalue weighted by atomic mass is 15.3. The molecule has 1 unspecified atom stereocenters. The Morgan fingerprint density at radius 3 is 3.07 bits per heavy atom. The number of hydrogen-bond acceptors (Lipinski definition) is 3. The quantitative estimate of drug-likeness (QED) is 0.748. The topological polar surface area (TPSA) is 28.2 Å². The molecule has 0 radical (unpaired) electrons. The minimum absolute atomic E-state index is 0.400. The molecule has 3 heterocycles. The van der Waals surface area contributed by atoms with Crippen LogP contribution in [0.4, 0.5) is 5.82 Å². The number of rotatable bonds is 1. The Kier molecular flexibility index (Phi) is 2.13. The fourth-order valence-electron chi connectivity index (χ4n) is 2.83. The number of hydrogen-bond donors (Lipinski definition) is 1. The Morgan fingerprint density at radius 2 is 2.33 bits per heavy atom. The zero-order valence-corrected chi connectivity index (χ0v) is 8.95. The van der Waals surface area contributed by atoms with Crippen LogP contribution in [-0.4, -0.2) is 30.2 Å². The lowest BCUT2D eigenvalue weighted by Gasteiger charge is -2.24. The molecular weight excluding hydrogens is 186 g/mol. The van der Waals surface area contributed by atoms with Crippen LogP contribution in [0.25, 0.3) is 0 Å². The molecule has 80 valence electrons. The summed E-state index contributed by atoms with van der Waals surface area (Å²) in [6, 6.07) is 6.15. The van der Waals surface area contributed by atoms with E-state index >= 15 is 0 Å². The van der Waals surface area contributed by atoms with Crippen LogP contribution in [-0.2, 0) is 0 Å². The molecule has 0 bridgehead atoms. The minimum atomic E-state index is 0.400. The van der Waals surface area contributed by atoms with E-state index < -0.39 is 0 Å². The fourth-order valence-corrected chi connectivity index (χ4v) is 2.83. The van der Waals surface area contributed by atoms with Gasteiger partial charge in [-0.05, 0) is 37.9 Å². The van der Waals surface area contributed by atoms with Crippen molar-refractivity contribution in [3.05, 3.63) is 24.4 Å². The predicted octanol–water partition coefficient (Wildman–Crippen LogP) is 1.41. The Labute approximate surface area is 90.5 Å². The molecule has 3 nitrogen and oxygen atoms in total. The van der Waals surface area contributed by atoms with Crippen molar-refractivity contribution in [2.24, 2.45) is 0 Å². The van der Waals surface area contributed by atoms with Gasteiger partial charge in [0.2, 0.25) is 0 Å². The molecule has 3 heteroatoms. The van der Waals surface area contributed by atoms with Crippen LogP contribution >= 0.6 is 0 Å². The molecule has 1 spiro atoms. The molecule has 2 saturated heterocycles. The molecule has 15 heavy (non-hydrogen) atoms. The number of anilines is 1. The van der Waals surface area contributed by atoms with Gasteiger partial charge in [-0.15, -0.1) is 0 Å². The first kappa shape index (κ1) is 9.16. The molecule has 2 aliphatic heterocycles. The van der Waals surface area contributed by atoms with Crippen molar-refractivity contribution in [3.8, 4) is 0 Å². The Hall–Kier alpha value is -1.09. The average Bonchev–Trinajstić information content (AvgIpc) is 2.91. The van der Waals surface area contributed by atoms with Crippen LogP contribution in [0.1, 0.15) is 19.3 Å². The highest BCUT2D eigenvalue weighted by molar-refractivity contribution is 5.40. The second-order valence-corrected chi connectivity index (χ2v) is 4.67. The highest BCUT2D eigenvalue weighted by Crippen LogP contribution is 2.31. The van der Waals surface area contributed by atoms with E-state index in [0.717, 1.165) is 18.9 Å². The summed E-state index contributed by atoms with van der Waals surface area (Å²) in [6.45, 7) is 3.46. The van der Waals surface area contributed by atoms with E-state index in [0.29, 0.717) is 5.54 Å². The third kappa shape index (κ3) is 1.61. The van der Waals surface area contributed by atoms with Crippen LogP contribution in [0.5, 0.6) is 0 Å². The summed E-state index contributed by atoms with van der Waals surface area (Å²) < 4.78 is 0. The number of nitrogens with zero attached hydrogens (tertiary/aromatic N) is 2. The van der Waals surface area contributed by atoms with Gasteiger partial charge in [-0.1, -0.05) is 6.07 Å². The second-order valence-electron chi connectivity index (χ2n) is 4.67. The van der Waals surface area contributed by atoms with Gasteiger partial charge in [-0.2, -0.15) is 0 Å². The molecule has 0 aliphatic carbocycles. The largest absolute Gasteiger partial charge is 0.355 e. The maximum Gasteiger partial charge on any atom is 0.128 e. The summed E-state index contributed by atoms with van der Waals surface area (Å²) in [7, 11) is 0. The number of pyridine rings is 1. The van der Waals surface area contributed by atoms with Crippen LogP contribution in [0, 0.1) is 0 Å². The van der Waals surface area contributed by atoms with E-state index in [-0.39, 0.29) is 0 Å². The number of nitrogens with one attached hydrogen (secondary N) is 1. The highest BCUT2D eigenvalue weighted by Gasteiger charge is 2.40. The van der Waals surface area contributed by atoms with Gasteiger partial charge in [0.05, 0.1) is 0 Å². The molecule has 1 atom stereocenters. The van der Waals surface area contributed by atoms with E-state index in [2.05, 4.69) is 27.3 Å². The summed E-state index contributed by atoms with van der Waals surface area (Å²) in [4.78, 5) is 6.81. The van der Waals surface area contributed by atoms with Gasteiger partial charge in [0.1, 0.15) is 5.82 Å². The van der Waals surface area contributed by atoms with Gasteiger partial charge in [-0.3, -0.25) is 0 Å². The molecule has 2 aliphatic rings. The predicted molar refractivity (Wildman–Crippen MR) is 61.0 cm³/mol. The number of aromatic nitrogens is 1. The summed E-state index contributed by atoms with van der Waals surface area (Å²) in [5.41, 5.74) is 0.400. The smallest absolute Gasteiger partial charge is 0.128 e. The first-order chi connectivity index (χ1) is 7.38. The van der Waals surface area contributed by atoms with E-state index in [1.165, 1.54) is 25.8 Å². The van der Waals surface area contributed by atoms with E-state index in [9.17, 15) is 0 Å². The molecule has 0 amide bonds. The van der Waals surface area contributed by atoms with E-state index in [1.807, 2.05) is 12.3 Å². The van der Waals surface area contributed by atoms with E-state index in [1.54, 1.807) is 0 Å². The lowest BCUT2D eigenvalue weighted by atomic mass is 9.97. The average molecular weight is 203 g/mol. The van der Waals surface area contributed by atoms with Gasteiger partial charge in [-0.25, -0.2) is 4.98 Å². The summed E-state index contributed by atoms with van der Waals surface area (Å²) in [6.07, 6.45) is 5.80. The van der Waals surface area contributed by atoms with Gasteiger partial charge < -0.3 is 10.2 Å². The molecule has 2 fully saturated rings. The molecule has 3 rings (SSSR count). The standard InChI is InChI=1S/C12H17N3/c1-2-7-13-11(4-1)15-9-6-12(10-15)5-3-8-14-12/h1-2,4,7,14H,3,5-6,8-10H2. The Bertz CT molecular complexity index is 330. The maximum absolute atomic E-state index is 4.41. The first-order valence-corrected chi connectivity index (χ1v) is 5.79. The maximum atomic E-state index is 4.41. The molecule has 1 N–H and O–H groups in total. The van der Waals surface area contributed by atoms with Gasteiger partial charge in [0.25, 0.3) is 0 Å². The molecule has 0 aromatic carbocycles. The van der Waals surface area contributed by atoms with Gasteiger partial charge >= 0.3 is 0 Å². The summed E-state index contributed by atoms with van der Waals surface area (Å²) >= 11 is 0. The van der Waals surface area contributed by atoms with E-state index in [4.69, 9.17) is 0 Å². The van der Waals surface area contributed by atoms with Crippen LogP contribution in [0.3, 0.4) is 0 Å². The lowest BCUT2D eigenvalue weighted by molar-refractivity contribution is 0.418. The van der Waals surface area contributed by atoms with Crippen molar-refractivity contribution in [3.63, 3.8) is 0 Å². The Balaban J connectivity index is 1.76. The van der Waals surface area contributed by atoms with Crippen molar-refractivity contribution < 1.29 is 0 Å². The lowest BCUT2D eigenvalue weighted by Crippen LogP contribution is -2.42. The van der Waals surface area contributed by atoms with Gasteiger partial charge in [0, 0.05) is 24.8 Å². The van der Waals surface area contributed by atoms with Crippen molar-refractivity contribution in [2.75, 3.05) is 24.5 Å². The van der Waals surface area contributed by atoms with Crippen molar-refractivity contribution in [1.29, 1.82) is 0 Å². The molecular formula is C12H17N3.